The summed E-state index contributed by atoms with van der Waals surface area (Å²) in [6.45, 7) is 2.59. The lowest BCUT2D eigenvalue weighted by Crippen LogP contribution is -2.41. The van der Waals surface area contributed by atoms with Gasteiger partial charge in [-0.25, -0.2) is 4.98 Å². The summed E-state index contributed by atoms with van der Waals surface area (Å²) in [5.41, 5.74) is 7.42. The van der Waals surface area contributed by atoms with E-state index in [1.165, 1.54) is 0 Å². The van der Waals surface area contributed by atoms with E-state index >= 15 is 0 Å². The minimum absolute atomic E-state index is 0.148. The van der Waals surface area contributed by atoms with Crippen molar-refractivity contribution in [3.05, 3.63) is 12.3 Å². The van der Waals surface area contributed by atoms with Crippen molar-refractivity contribution in [1.82, 2.24) is 4.98 Å². The van der Waals surface area contributed by atoms with E-state index in [-0.39, 0.29) is 6.61 Å². The molecular formula is C10H16N4O. The molecule has 5 heteroatoms. The minimum Gasteiger partial charge on any atom is -0.397 e. The van der Waals surface area contributed by atoms with Gasteiger partial charge in [0.1, 0.15) is 0 Å². The Hall–Kier alpha value is -1.49. The third kappa shape index (κ3) is 1.83. The van der Waals surface area contributed by atoms with Crippen LogP contribution in [0.1, 0.15) is 0 Å². The molecule has 3 N–H and O–H groups in total. The Morgan fingerprint density at radius 3 is 3.07 bits per heavy atom. The highest BCUT2D eigenvalue weighted by molar-refractivity contribution is 5.72. The zero-order valence-corrected chi connectivity index (χ0v) is 8.85. The number of aromatic nitrogens is 1. The lowest BCUT2D eigenvalue weighted by Gasteiger charge is -2.35. The van der Waals surface area contributed by atoms with Crippen LogP contribution in [0.3, 0.4) is 0 Å². The molecule has 2 heterocycles. The topological polar surface area (TPSA) is 65.6 Å². The highest BCUT2D eigenvalue weighted by atomic mass is 16.3. The van der Waals surface area contributed by atoms with Gasteiger partial charge in [-0.3, -0.25) is 0 Å². The first-order valence-corrected chi connectivity index (χ1v) is 5.05. The normalized spacial score (nSPS) is 15.3. The second kappa shape index (κ2) is 3.94. The number of nitrogens with zero attached hydrogens (tertiary/aromatic N) is 3. The van der Waals surface area contributed by atoms with Crippen LogP contribution in [0, 0.1) is 0 Å². The van der Waals surface area contributed by atoms with Gasteiger partial charge in [-0.05, 0) is 6.07 Å². The number of pyridine rings is 1. The Morgan fingerprint density at radius 2 is 2.33 bits per heavy atom. The lowest BCUT2D eigenvalue weighted by atomic mass is 10.2. The molecule has 0 spiro atoms. The molecule has 82 valence electrons. The molecule has 0 unspecified atom stereocenters. The number of hydrogen-bond donors (Lipinski definition) is 2. The molecule has 1 aliphatic rings. The van der Waals surface area contributed by atoms with E-state index in [0.717, 1.165) is 24.6 Å². The van der Waals surface area contributed by atoms with Crippen molar-refractivity contribution >= 4 is 17.2 Å². The molecule has 5 nitrogen and oxygen atoms in total. The fourth-order valence-electron chi connectivity index (χ4n) is 1.82. The third-order valence-electron chi connectivity index (χ3n) is 2.65. The number of fused-ring (bicyclic) bond motifs is 1. The van der Waals surface area contributed by atoms with Gasteiger partial charge in [-0.15, -0.1) is 0 Å². The fraction of sp³-hybridized carbons (Fsp3) is 0.500. The van der Waals surface area contributed by atoms with Crippen LogP contribution in [0.4, 0.5) is 17.2 Å². The quantitative estimate of drug-likeness (QED) is 0.711. The van der Waals surface area contributed by atoms with Crippen LogP contribution < -0.4 is 15.5 Å². The zero-order valence-electron chi connectivity index (χ0n) is 8.85. The van der Waals surface area contributed by atoms with Crippen molar-refractivity contribution in [2.45, 2.75) is 0 Å². The van der Waals surface area contributed by atoms with Crippen LogP contribution in [0.2, 0.25) is 0 Å². The van der Waals surface area contributed by atoms with E-state index in [2.05, 4.69) is 14.8 Å². The summed E-state index contributed by atoms with van der Waals surface area (Å²) in [5.74, 6) is 0.909. The Bertz CT molecular complexity index is 355. The molecule has 0 radical (unpaired) electrons. The van der Waals surface area contributed by atoms with E-state index in [4.69, 9.17) is 10.8 Å². The number of likely N-dealkylation sites (N-methyl/N-ethyl adjacent to an activating group) is 1. The first kappa shape index (κ1) is 10.0. The zero-order chi connectivity index (χ0) is 10.8. The van der Waals surface area contributed by atoms with Crippen molar-refractivity contribution in [3.63, 3.8) is 0 Å². The molecule has 1 aromatic rings. The Balaban J connectivity index is 2.36. The number of hydrogen-bond acceptors (Lipinski definition) is 5. The lowest BCUT2D eigenvalue weighted by molar-refractivity contribution is 0.301. The first-order chi connectivity index (χ1) is 7.22. The summed E-state index contributed by atoms with van der Waals surface area (Å²) in [5, 5.41) is 8.96. The summed E-state index contributed by atoms with van der Waals surface area (Å²) < 4.78 is 0. The van der Waals surface area contributed by atoms with E-state index in [1.807, 2.05) is 13.1 Å². The predicted octanol–water partition coefficient (Wildman–Crippen LogP) is -0.0877. The van der Waals surface area contributed by atoms with Crippen LogP contribution in [0.25, 0.3) is 0 Å². The van der Waals surface area contributed by atoms with Gasteiger partial charge >= 0.3 is 0 Å². The predicted molar refractivity (Wildman–Crippen MR) is 61.2 cm³/mol. The van der Waals surface area contributed by atoms with E-state index in [0.29, 0.717) is 12.2 Å². The molecule has 0 bridgehead atoms. The van der Waals surface area contributed by atoms with Gasteiger partial charge in [0.15, 0.2) is 5.82 Å². The molecule has 2 rings (SSSR count). The van der Waals surface area contributed by atoms with Crippen molar-refractivity contribution in [1.29, 1.82) is 0 Å². The van der Waals surface area contributed by atoms with E-state index in [9.17, 15) is 0 Å². The van der Waals surface area contributed by atoms with Gasteiger partial charge in [-0.1, -0.05) is 0 Å². The number of aliphatic hydroxyl groups excluding tert-OH is 1. The van der Waals surface area contributed by atoms with Gasteiger partial charge in [0.25, 0.3) is 0 Å². The molecule has 0 saturated heterocycles. The second-order valence-corrected chi connectivity index (χ2v) is 3.74. The van der Waals surface area contributed by atoms with Crippen LogP contribution in [0.15, 0.2) is 12.3 Å². The van der Waals surface area contributed by atoms with E-state index in [1.54, 1.807) is 6.20 Å². The molecular weight excluding hydrogens is 192 g/mol. The van der Waals surface area contributed by atoms with Crippen molar-refractivity contribution in [3.8, 4) is 0 Å². The number of β-amino-alcohol motifs (C(OH)–C–C–N with tert-alkyl or cyclic N) is 1. The summed E-state index contributed by atoms with van der Waals surface area (Å²) in [6, 6.07) is 1.92. The Kier molecular flexibility index (Phi) is 2.64. The number of aliphatic hydroxyl groups is 1. The van der Waals surface area contributed by atoms with Gasteiger partial charge in [0.2, 0.25) is 0 Å². The largest absolute Gasteiger partial charge is 0.397 e. The maximum atomic E-state index is 8.96. The highest BCUT2D eigenvalue weighted by Gasteiger charge is 2.21. The smallest absolute Gasteiger partial charge is 0.152 e. The van der Waals surface area contributed by atoms with Gasteiger partial charge in [0, 0.05) is 26.7 Å². The van der Waals surface area contributed by atoms with E-state index < -0.39 is 0 Å². The summed E-state index contributed by atoms with van der Waals surface area (Å²) in [7, 11) is 2.02. The van der Waals surface area contributed by atoms with Crippen molar-refractivity contribution in [2.75, 3.05) is 48.8 Å². The van der Waals surface area contributed by atoms with Crippen LogP contribution in [-0.2, 0) is 0 Å². The standard InChI is InChI=1S/C10H16N4O/c1-13-2-3-14(4-5-15)10-9(13)6-8(11)7-12-10/h6-7,15H,2-5,11H2,1H3. The molecule has 0 aliphatic carbocycles. The van der Waals surface area contributed by atoms with Crippen LogP contribution in [0.5, 0.6) is 0 Å². The minimum atomic E-state index is 0.148. The average Bonchev–Trinajstić information content (AvgIpc) is 2.23. The van der Waals surface area contributed by atoms with Crippen molar-refractivity contribution < 1.29 is 5.11 Å². The molecule has 15 heavy (non-hydrogen) atoms. The van der Waals surface area contributed by atoms with Gasteiger partial charge < -0.3 is 20.6 Å². The van der Waals surface area contributed by atoms with Crippen molar-refractivity contribution in [2.24, 2.45) is 0 Å². The summed E-state index contributed by atoms with van der Waals surface area (Å²) in [6.07, 6.45) is 1.66. The fourth-order valence-corrected chi connectivity index (χ4v) is 1.82. The monoisotopic (exact) mass is 208 g/mol. The molecule has 0 fully saturated rings. The molecule has 0 aromatic carbocycles. The SMILES string of the molecule is CN1CCN(CCO)c2ncc(N)cc21. The Morgan fingerprint density at radius 1 is 1.53 bits per heavy atom. The number of anilines is 3. The summed E-state index contributed by atoms with van der Waals surface area (Å²) in [4.78, 5) is 8.53. The maximum Gasteiger partial charge on any atom is 0.152 e. The van der Waals surface area contributed by atoms with Gasteiger partial charge in [0.05, 0.1) is 24.2 Å². The number of nitrogens with two attached hydrogens (primary N) is 1. The molecule has 0 amide bonds. The number of nitrogen functional groups attached to an aromatic ring is 1. The molecule has 1 aromatic heterocycles. The molecule has 0 atom stereocenters. The van der Waals surface area contributed by atoms with Crippen LogP contribution >= 0.6 is 0 Å². The van der Waals surface area contributed by atoms with Gasteiger partial charge in [-0.2, -0.15) is 0 Å². The molecule has 0 saturated carbocycles. The maximum absolute atomic E-state index is 8.96. The Labute approximate surface area is 89.1 Å². The molecule has 1 aliphatic heterocycles. The third-order valence-corrected chi connectivity index (χ3v) is 2.65. The number of rotatable bonds is 2. The average molecular weight is 208 g/mol. The summed E-state index contributed by atoms with van der Waals surface area (Å²) >= 11 is 0. The second-order valence-electron chi connectivity index (χ2n) is 3.74. The van der Waals surface area contributed by atoms with Crippen LogP contribution in [-0.4, -0.2) is 43.4 Å². The first-order valence-electron chi connectivity index (χ1n) is 5.05. The highest BCUT2D eigenvalue weighted by Crippen LogP contribution is 2.30.